The quantitative estimate of drug-likeness (QED) is 0.759. The molecule has 0 aliphatic rings. The molecule has 13 heavy (non-hydrogen) atoms. The first-order chi connectivity index (χ1) is 6.24. The van der Waals surface area contributed by atoms with E-state index in [-0.39, 0.29) is 6.61 Å². The van der Waals surface area contributed by atoms with Crippen molar-refractivity contribution in [3.05, 3.63) is 21.9 Å². The summed E-state index contributed by atoms with van der Waals surface area (Å²) in [5.41, 5.74) is 1.36. The van der Waals surface area contributed by atoms with Crippen LogP contribution in [0, 0.1) is 6.92 Å². The molecule has 0 fully saturated rings. The van der Waals surface area contributed by atoms with E-state index in [9.17, 15) is 0 Å². The number of nitrogens with one attached hydrogen (secondary N) is 1. The molecule has 74 valence electrons. The number of aliphatic hydroxyl groups excluding tert-OH is 1. The van der Waals surface area contributed by atoms with Crippen molar-refractivity contribution in [2.24, 2.45) is 0 Å². The average Bonchev–Trinajstić information content (AvgIpc) is 2.48. The van der Waals surface area contributed by atoms with Crippen molar-refractivity contribution < 1.29 is 5.11 Å². The van der Waals surface area contributed by atoms with Crippen LogP contribution in [0.5, 0.6) is 0 Å². The van der Waals surface area contributed by atoms with Gasteiger partial charge in [-0.1, -0.05) is 0 Å². The van der Waals surface area contributed by atoms with Gasteiger partial charge >= 0.3 is 0 Å². The van der Waals surface area contributed by atoms with Gasteiger partial charge in [0.1, 0.15) is 0 Å². The van der Waals surface area contributed by atoms with Crippen LogP contribution in [0.2, 0.25) is 0 Å². The van der Waals surface area contributed by atoms with Crippen molar-refractivity contribution in [1.82, 2.24) is 5.32 Å². The van der Waals surface area contributed by atoms with Crippen LogP contribution in [0.25, 0.3) is 0 Å². The van der Waals surface area contributed by atoms with Gasteiger partial charge in [-0.2, -0.15) is 0 Å². The van der Waals surface area contributed by atoms with Gasteiger partial charge in [-0.3, -0.25) is 0 Å². The van der Waals surface area contributed by atoms with Crippen LogP contribution < -0.4 is 5.32 Å². The van der Waals surface area contributed by atoms with E-state index in [0.717, 1.165) is 13.0 Å². The smallest absolute Gasteiger partial charge is 0.0445 e. The standard InChI is InChI=1S/C10H17NOS/c1-8-4-6-13-10(8)7-11-9(2)3-5-12/h4,6,9,11-12H,3,5,7H2,1-2H3. The maximum absolute atomic E-state index is 8.71. The van der Waals surface area contributed by atoms with Crippen LogP contribution in [0.3, 0.4) is 0 Å². The fraction of sp³-hybridized carbons (Fsp3) is 0.600. The molecule has 1 unspecified atom stereocenters. The first kappa shape index (κ1) is 10.7. The summed E-state index contributed by atoms with van der Waals surface area (Å²) in [5.74, 6) is 0. The molecule has 2 nitrogen and oxygen atoms in total. The zero-order valence-electron chi connectivity index (χ0n) is 8.21. The molecule has 0 bridgehead atoms. The Kier molecular flexibility index (Phi) is 4.42. The predicted molar refractivity (Wildman–Crippen MR) is 57.1 cm³/mol. The topological polar surface area (TPSA) is 32.3 Å². The molecule has 0 amide bonds. The van der Waals surface area contributed by atoms with Crippen molar-refractivity contribution >= 4 is 11.3 Å². The molecule has 0 radical (unpaired) electrons. The molecule has 1 aromatic heterocycles. The predicted octanol–water partition coefficient (Wildman–Crippen LogP) is 1.92. The van der Waals surface area contributed by atoms with E-state index < -0.39 is 0 Å². The monoisotopic (exact) mass is 199 g/mol. The summed E-state index contributed by atoms with van der Waals surface area (Å²) in [6.07, 6.45) is 0.824. The van der Waals surface area contributed by atoms with Gasteiger partial charge in [-0.25, -0.2) is 0 Å². The van der Waals surface area contributed by atoms with Crippen molar-refractivity contribution in [1.29, 1.82) is 0 Å². The van der Waals surface area contributed by atoms with Crippen LogP contribution in [0.4, 0.5) is 0 Å². The minimum Gasteiger partial charge on any atom is -0.396 e. The Morgan fingerprint density at radius 3 is 2.92 bits per heavy atom. The highest BCUT2D eigenvalue weighted by Crippen LogP contribution is 2.15. The summed E-state index contributed by atoms with van der Waals surface area (Å²) in [6, 6.07) is 2.53. The summed E-state index contributed by atoms with van der Waals surface area (Å²) in [7, 11) is 0. The lowest BCUT2D eigenvalue weighted by Gasteiger charge is -2.11. The van der Waals surface area contributed by atoms with Crippen molar-refractivity contribution in [2.75, 3.05) is 6.61 Å². The SMILES string of the molecule is Cc1ccsc1CNC(C)CCO. The number of hydrogen-bond acceptors (Lipinski definition) is 3. The van der Waals surface area contributed by atoms with Crippen LogP contribution in [0.15, 0.2) is 11.4 Å². The molecule has 1 rings (SSSR count). The van der Waals surface area contributed by atoms with Gasteiger partial charge in [0.05, 0.1) is 0 Å². The normalized spacial score (nSPS) is 13.2. The molecule has 0 aliphatic heterocycles. The van der Waals surface area contributed by atoms with Gasteiger partial charge in [0.2, 0.25) is 0 Å². The fourth-order valence-electron chi connectivity index (χ4n) is 1.15. The maximum Gasteiger partial charge on any atom is 0.0445 e. The summed E-state index contributed by atoms with van der Waals surface area (Å²) in [4.78, 5) is 1.39. The van der Waals surface area contributed by atoms with E-state index in [4.69, 9.17) is 5.11 Å². The Hall–Kier alpha value is -0.380. The number of hydrogen-bond donors (Lipinski definition) is 2. The third-order valence-electron chi connectivity index (χ3n) is 2.14. The number of aliphatic hydroxyl groups is 1. The largest absolute Gasteiger partial charge is 0.396 e. The second-order valence-electron chi connectivity index (χ2n) is 3.32. The molecule has 3 heteroatoms. The highest BCUT2D eigenvalue weighted by molar-refractivity contribution is 7.10. The Labute approximate surface area is 83.6 Å². The lowest BCUT2D eigenvalue weighted by atomic mass is 10.2. The summed E-state index contributed by atoms with van der Waals surface area (Å²) >= 11 is 1.78. The Bertz CT molecular complexity index is 247. The van der Waals surface area contributed by atoms with Crippen LogP contribution in [-0.2, 0) is 6.54 Å². The Balaban J connectivity index is 2.30. The molecule has 0 saturated heterocycles. The third-order valence-corrected chi connectivity index (χ3v) is 3.16. The lowest BCUT2D eigenvalue weighted by molar-refractivity contribution is 0.269. The van der Waals surface area contributed by atoms with Crippen LogP contribution >= 0.6 is 11.3 Å². The van der Waals surface area contributed by atoms with Crippen LogP contribution in [0.1, 0.15) is 23.8 Å². The molecule has 2 N–H and O–H groups in total. The minimum atomic E-state index is 0.261. The minimum absolute atomic E-state index is 0.261. The first-order valence-corrected chi connectivity index (χ1v) is 5.49. The molecule has 1 heterocycles. The maximum atomic E-state index is 8.71. The van der Waals surface area contributed by atoms with E-state index >= 15 is 0 Å². The molecule has 1 aromatic rings. The van der Waals surface area contributed by atoms with Gasteiger partial charge < -0.3 is 10.4 Å². The third kappa shape index (κ3) is 3.46. The molecule has 1 atom stereocenters. The zero-order chi connectivity index (χ0) is 9.68. The summed E-state index contributed by atoms with van der Waals surface area (Å²) in [5, 5.41) is 14.2. The number of aryl methyl sites for hydroxylation is 1. The highest BCUT2D eigenvalue weighted by atomic mass is 32.1. The highest BCUT2D eigenvalue weighted by Gasteiger charge is 2.02. The van der Waals surface area contributed by atoms with E-state index in [1.54, 1.807) is 11.3 Å². The van der Waals surface area contributed by atoms with Gasteiger partial charge in [0.25, 0.3) is 0 Å². The molecular weight excluding hydrogens is 182 g/mol. The molecule has 0 aromatic carbocycles. The van der Waals surface area contributed by atoms with E-state index in [0.29, 0.717) is 6.04 Å². The second-order valence-corrected chi connectivity index (χ2v) is 4.32. The number of thiophene rings is 1. The van der Waals surface area contributed by atoms with Gasteiger partial charge in [0.15, 0.2) is 0 Å². The van der Waals surface area contributed by atoms with E-state index in [1.807, 2.05) is 0 Å². The zero-order valence-corrected chi connectivity index (χ0v) is 9.03. The van der Waals surface area contributed by atoms with Crippen molar-refractivity contribution in [3.8, 4) is 0 Å². The van der Waals surface area contributed by atoms with Crippen molar-refractivity contribution in [3.63, 3.8) is 0 Å². The second kappa shape index (κ2) is 5.37. The van der Waals surface area contributed by atoms with Crippen molar-refractivity contribution in [2.45, 2.75) is 32.9 Å². The summed E-state index contributed by atoms with van der Waals surface area (Å²) < 4.78 is 0. The molecule has 0 spiro atoms. The van der Waals surface area contributed by atoms with E-state index in [1.165, 1.54) is 10.4 Å². The Morgan fingerprint density at radius 1 is 1.62 bits per heavy atom. The fourth-order valence-corrected chi connectivity index (χ4v) is 2.00. The first-order valence-electron chi connectivity index (χ1n) is 4.61. The van der Waals surface area contributed by atoms with E-state index in [2.05, 4.69) is 30.6 Å². The van der Waals surface area contributed by atoms with Gasteiger partial charge in [0, 0.05) is 24.1 Å². The summed E-state index contributed by atoms with van der Waals surface area (Å²) in [6.45, 7) is 5.41. The molecular formula is C10H17NOS. The average molecular weight is 199 g/mol. The molecule has 0 aliphatic carbocycles. The Morgan fingerprint density at radius 2 is 2.38 bits per heavy atom. The van der Waals surface area contributed by atoms with Gasteiger partial charge in [-0.15, -0.1) is 11.3 Å². The lowest BCUT2D eigenvalue weighted by Crippen LogP contribution is -2.26. The van der Waals surface area contributed by atoms with Gasteiger partial charge in [-0.05, 0) is 37.3 Å². The molecule has 0 saturated carbocycles. The number of rotatable bonds is 5. The van der Waals surface area contributed by atoms with Crippen LogP contribution in [-0.4, -0.2) is 17.8 Å².